The molecule has 118 valence electrons. The minimum atomic E-state index is -0.357. The molecular weight excluding hydrogens is 292 g/mol. The SMILES string of the molecule is O=C(NNC(=O)C1CC1)c1cccc(OCc2ccccc2)c1. The van der Waals surface area contributed by atoms with Gasteiger partial charge in [0.25, 0.3) is 5.91 Å². The van der Waals surface area contributed by atoms with Crippen LogP contribution in [0.5, 0.6) is 5.75 Å². The van der Waals surface area contributed by atoms with Crippen LogP contribution in [-0.2, 0) is 11.4 Å². The van der Waals surface area contributed by atoms with Gasteiger partial charge >= 0.3 is 0 Å². The van der Waals surface area contributed by atoms with Crippen LogP contribution in [0.2, 0.25) is 0 Å². The number of carbonyl (C=O) groups is 2. The fraction of sp³-hybridized carbons (Fsp3) is 0.222. The largest absolute Gasteiger partial charge is 0.489 e. The van der Waals surface area contributed by atoms with Gasteiger partial charge in [0.2, 0.25) is 5.91 Å². The van der Waals surface area contributed by atoms with E-state index in [2.05, 4.69) is 10.9 Å². The maximum absolute atomic E-state index is 12.0. The fourth-order valence-electron chi connectivity index (χ4n) is 2.11. The van der Waals surface area contributed by atoms with Gasteiger partial charge in [-0.05, 0) is 36.6 Å². The Morgan fingerprint density at radius 1 is 1.00 bits per heavy atom. The van der Waals surface area contributed by atoms with Crippen molar-refractivity contribution in [3.05, 3.63) is 65.7 Å². The first-order valence-corrected chi connectivity index (χ1v) is 7.59. The van der Waals surface area contributed by atoms with E-state index in [0.29, 0.717) is 17.9 Å². The third-order valence-electron chi connectivity index (χ3n) is 3.59. The van der Waals surface area contributed by atoms with Crippen LogP contribution in [0.25, 0.3) is 0 Å². The molecule has 0 aromatic heterocycles. The van der Waals surface area contributed by atoms with Crippen molar-refractivity contribution in [2.24, 2.45) is 5.92 Å². The van der Waals surface area contributed by atoms with Gasteiger partial charge < -0.3 is 4.74 Å². The molecular formula is C18H18N2O3. The molecule has 0 radical (unpaired) electrons. The van der Waals surface area contributed by atoms with Crippen LogP contribution >= 0.6 is 0 Å². The molecule has 0 heterocycles. The van der Waals surface area contributed by atoms with Crippen LogP contribution in [0.1, 0.15) is 28.8 Å². The minimum absolute atomic E-state index is 0.0517. The molecule has 1 aliphatic rings. The van der Waals surface area contributed by atoms with Gasteiger partial charge in [-0.25, -0.2) is 0 Å². The number of nitrogens with one attached hydrogen (secondary N) is 2. The predicted molar refractivity (Wildman–Crippen MR) is 85.5 cm³/mol. The van der Waals surface area contributed by atoms with Crippen molar-refractivity contribution >= 4 is 11.8 Å². The summed E-state index contributed by atoms with van der Waals surface area (Å²) in [4.78, 5) is 23.6. The molecule has 2 aromatic rings. The first kappa shape index (κ1) is 15.1. The van der Waals surface area contributed by atoms with Gasteiger partial charge in [-0.1, -0.05) is 36.4 Å². The number of carbonyl (C=O) groups excluding carboxylic acids is 2. The third kappa shape index (κ3) is 4.32. The van der Waals surface area contributed by atoms with Gasteiger partial charge in [0.05, 0.1) is 0 Å². The molecule has 1 aliphatic carbocycles. The zero-order valence-corrected chi connectivity index (χ0v) is 12.6. The van der Waals surface area contributed by atoms with Crippen LogP contribution in [-0.4, -0.2) is 11.8 Å². The van der Waals surface area contributed by atoms with Gasteiger partial charge in [-0.15, -0.1) is 0 Å². The number of ether oxygens (including phenoxy) is 1. The van der Waals surface area contributed by atoms with Crippen molar-refractivity contribution in [2.75, 3.05) is 0 Å². The van der Waals surface area contributed by atoms with Crippen molar-refractivity contribution in [3.8, 4) is 5.75 Å². The highest BCUT2D eigenvalue weighted by Crippen LogP contribution is 2.28. The zero-order valence-electron chi connectivity index (χ0n) is 12.6. The molecule has 23 heavy (non-hydrogen) atoms. The number of hydrazine groups is 1. The lowest BCUT2D eigenvalue weighted by Gasteiger charge is -2.09. The summed E-state index contributed by atoms with van der Waals surface area (Å²) >= 11 is 0. The summed E-state index contributed by atoms with van der Waals surface area (Å²) in [6.45, 7) is 0.435. The lowest BCUT2D eigenvalue weighted by Crippen LogP contribution is -2.42. The molecule has 1 saturated carbocycles. The molecule has 2 N–H and O–H groups in total. The average molecular weight is 310 g/mol. The van der Waals surface area contributed by atoms with Crippen LogP contribution in [0.3, 0.4) is 0 Å². The molecule has 0 spiro atoms. The van der Waals surface area contributed by atoms with E-state index in [9.17, 15) is 9.59 Å². The van der Waals surface area contributed by atoms with Gasteiger partial charge in [0.15, 0.2) is 0 Å². The van der Waals surface area contributed by atoms with Crippen molar-refractivity contribution in [2.45, 2.75) is 19.4 Å². The summed E-state index contributed by atoms with van der Waals surface area (Å²) in [6, 6.07) is 16.7. The predicted octanol–water partition coefficient (Wildman–Crippen LogP) is 2.44. The van der Waals surface area contributed by atoms with Crippen molar-refractivity contribution < 1.29 is 14.3 Å². The fourth-order valence-corrected chi connectivity index (χ4v) is 2.11. The summed E-state index contributed by atoms with van der Waals surface area (Å²) in [5, 5.41) is 0. The van der Waals surface area contributed by atoms with E-state index in [-0.39, 0.29) is 17.7 Å². The Kier molecular flexibility index (Phi) is 4.57. The summed E-state index contributed by atoms with van der Waals surface area (Å²) < 4.78 is 5.69. The van der Waals surface area contributed by atoms with E-state index in [1.165, 1.54) is 0 Å². The van der Waals surface area contributed by atoms with Gasteiger partial charge in [-0.3, -0.25) is 20.4 Å². The highest BCUT2D eigenvalue weighted by molar-refractivity contribution is 5.96. The molecule has 3 rings (SSSR count). The Morgan fingerprint density at radius 2 is 1.78 bits per heavy atom. The summed E-state index contributed by atoms with van der Waals surface area (Å²) in [7, 11) is 0. The quantitative estimate of drug-likeness (QED) is 0.834. The zero-order chi connectivity index (χ0) is 16.1. The molecule has 0 saturated heterocycles. The second kappa shape index (κ2) is 6.96. The highest BCUT2D eigenvalue weighted by atomic mass is 16.5. The Bertz CT molecular complexity index is 696. The normalized spacial score (nSPS) is 13.2. The van der Waals surface area contributed by atoms with Crippen LogP contribution in [0.4, 0.5) is 0 Å². The Balaban J connectivity index is 1.55. The van der Waals surface area contributed by atoms with Crippen molar-refractivity contribution in [1.82, 2.24) is 10.9 Å². The second-order valence-electron chi connectivity index (χ2n) is 5.52. The molecule has 0 unspecified atom stereocenters. The lowest BCUT2D eigenvalue weighted by molar-refractivity contribution is -0.123. The number of hydrogen-bond acceptors (Lipinski definition) is 3. The van der Waals surface area contributed by atoms with Crippen LogP contribution < -0.4 is 15.6 Å². The van der Waals surface area contributed by atoms with E-state index in [1.807, 2.05) is 30.3 Å². The summed E-state index contributed by atoms with van der Waals surface area (Å²) in [6.07, 6.45) is 1.79. The Morgan fingerprint density at radius 3 is 2.52 bits per heavy atom. The molecule has 5 nitrogen and oxygen atoms in total. The number of hydrogen-bond donors (Lipinski definition) is 2. The molecule has 5 heteroatoms. The average Bonchev–Trinajstić information content (AvgIpc) is 3.44. The maximum atomic E-state index is 12.0. The molecule has 2 aromatic carbocycles. The lowest BCUT2D eigenvalue weighted by atomic mass is 10.2. The van der Waals surface area contributed by atoms with Gasteiger partial charge in [0, 0.05) is 11.5 Å². The van der Waals surface area contributed by atoms with Gasteiger partial charge in [0.1, 0.15) is 12.4 Å². The first-order chi connectivity index (χ1) is 11.2. The Labute approximate surface area is 134 Å². The smallest absolute Gasteiger partial charge is 0.269 e. The number of rotatable bonds is 5. The minimum Gasteiger partial charge on any atom is -0.489 e. The van der Waals surface area contributed by atoms with E-state index < -0.39 is 0 Å². The monoisotopic (exact) mass is 310 g/mol. The number of benzene rings is 2. The van der Waals surface area contributed by atoms with E-state index in [0.717, 1.165) is 18.4 Å². The first-order valence-electron chi connectivity index (χ1n) is 7.59. The standard InChI is InChI=1S/C18H18N2O3/c21-17(14-9-10-14)19-20-18(22)15-7-4-8-16(11-15)23-12-13-5-2-1-3-6-13/h1-8,11,14H,9-10,12H2,(H,19,21)(H,20,22). The van der Waals surface area contributed by atoms with E-state index in [1.54, 1.807) is 24.3 Å². The van der Waals surface area contributed by atoms with E-state index in [4.69, 9.17) is 4.74 Å². The summed E-state index contributed by atoms with van der Waals surface area (Å²) in [5.41, 5.74) is 6.36. The van der Waals surface area contributed by atoms with Gasteiger partial charge in [-0.2, -0.15) is 0 Å². The molecule has 0 aliphatic heterocycles. The van der Waals surface area contributed by atoms with Crippen LogP contribution in [0.15, 0.2) is 54.6 Å². The molecule has 0 atom stereocenters. The number of amides is 2. The van der Waals surface area contributed by atoms with Crippen LogP contribution in [0, 0.1) is 5.92 Å². The highest BCUT2D eigenvalue weighted by Gasteiger charge is 2.29. The molecule has 1 fully saturated rings. The Hall–Kier alpha value is -2.82. The molecule has 2 amide bonds. The van der Waals surface area contributed by atoms with E-state index >= 15 is 0 Å². The van der Waals surface area contributed by atoms with Crippen molar-refractivity contribution in [1.29, 1.82) is 0 Å². The molecule has 0 bridgehead atoms. The maximum Gasteiger partial charge on any atom is 0.269 e. The van der Waals surface area contributed by atoms with Crippen molar-refractivity contribution in [3.63, 3.8) is 0 Å². The second-order valence-corrected chi connectivity index (χ2v) is 5.52. The topological polar surface area (TPSA) is 67.4 Å². The summed E-state index contributed by atoms with van der Waals surface area (Å²) in [5.74, 6) is 0.171. The third-order valence-corrected chi connectivity index (χ3v) is 3.59.